The van der Waals surface area contributed by atoms with E-state index in [0.717, 1.165) is 44.3 Å². The summed E-state index contributed by atoms with van der Waals surface area (Å²) in [6, 6.07) is 0. The molecular formula is C34H62N6O7S. The molecule has 0 saturated heterocycles. The summed E-state index contributed by atoms with van der Waals surface area (Å²) >= 11 is 0. The Bertz CT molecular complexity index is 1120. The molecule has 0 fully saturated rings. The van der Waals surface area contributed by atoms with Gasteiger partial charge < -0.3 is 16.2 Å². The van der Waals surface area contributed by atoms with Crippen LogP contribution < -0.4 is 11.1 Å². The molecule has 0 spiro atoms. The third kappa shape index (κ3) is 25.3. The van der Waals surface area contributed by atoms with E-state index in [4.69, 9.17) is 10.8 Å². The molecule has 1 heterocycles. The summed E-state index contributed by atoms with van der Waals surface area (Å²) in [5, 5.41) is 25.6. The first-order chi connectivity index (χ1) is 23.1. The van der Waals surface area contributed by atoms with Crippen molar-refractivity contribution in [3.8, 4) is 0 Å². The highest BCUT2D eigenvalue weighted by atomic mass is 32.2. The highest BCUT2D eigenvalue weighted by molar-refractivity contribution is 7.92. The van der Waals surface area contributed by atoms with Crippen LogP contribution in [0, 0.1) is 5.92 Å². The SMILES string of the molecule is NCC[C@@H](CCCCNC(=O)CCCCCS(=O)(=O)CC(=O)CCCCCCCCCCCCCCCc1nn[nH]n1)C(=O)CC(=O)O. The van der Waals surface area contributed by atoms with Gasteiger partial charge in [0.05, 0.1) is 5.75 Å². The number of carboxylic acid groups (broad SMARTS) is 1. The Balaban J connectivity index is 1.93. The number of rotatable bonds is 34. The second-order valence-corrected chi connectivity index (χ2v) is 15.2. The van der Waals surface area contributed by atoms with E-state index in [1.54, 1.807) is 0 Å². The number of aliphatic carboxylic acids is 1. The zero-order chi connectivity index (χ0) is 35.3. The highest BCUT2D eigenvalue weighted by Gasteiger charge is 2.20. The molecule has 1 aromatic rings. The van der Waals surface area contributed by atoms with Gasteiger partial charge in [-0.25, -0.2) is 8.42 Å². The quantitative estimate of drug-likeness (QED) is 0.0552. The topological polar surface area (TPSA) is 215 Å². The van der Waals surface area contributed by atoms with E-state index < -0.39 is 22.2 Å². The van der Waals surface area contributed by atoms with E-state index in [9.17, 15) is 27.6 Å². The molecule has 0 aliphatic rings. The lowest BCUT2D eigenvalue weighted by molar-refractivity contribution is -0.141. The van der Waals surface area contributed by atoms with Crippen molar-refractivity contribution in [2.24, 2.45) is 11.7 Å². The number of hydrogen-bond acceptors (Lipinski definition) is 10. The summed E-state index contributed by atoms with van der Waals surface area (Å²) < 4.78 is 24.7. The number of Topliss-reactive ketones (excluding diaryl/α,β-unsaturated/α-hetero) is 2. The van der Waals surface area contributed by atoms with E-state index in [1.807, 2.05) is 0 Å². The first-order valence-electron chi connectivity index (χ1n) is 18.3. The Hall–Kier alpha value is -2.74. The summed E-state index contributed by atoms with van der Waals surface area (Å²) in [5.41, 5.74) is 5.54. The second kappa shape index (κ2) is 28.1. The number of aryl methyl sites for hydroxylation is 1. The molecule has 1 amide bonds. The minimum absolute atomic E-state index is 0.0353. The van der Waals surface area contributed by atoms with Crippen LogP contribution in [0.1, 0.15) is 154 Å². The van der Waals surface area contributed by atoms with Crippen LogP contribution in [0.4, 0.5) is 0 Å². The van der Waals surface area contributed by atoms with E-state index >= 15 is 0 Å². The van der Waals surface area contributed by atoms with Crippen LogP contribution >= 0.6 is 0 Å². The van der Waals surface area contributed by atoms with E-state index in [2.05, 4.69) is 25.9 Å². The number of nitrogens with zero attached hydrogens (tertiary/aromatic N) is 3. The van der Waals surface area contributed by atoms with Crippen LogP contribution in [-0.2, 0) is 35.4 Å². The van der Waals surface area contributed by atoms with E-state index in [-0.39, 0.29) is 34.9 Å². The van der Waals surface area contributed by atoms with Gasteiger partial charge in [-0.15, -0.1) is 10.2 Å². The third-order valence-corrected chi connectivity index (χ3v) is 10.3. The Kier molecular flexibility index (Phi) is 25.4. The van der Waals surface area contributed by atoms with Crippen molar-refractivity contribution in [1.29, 1.82) is 0 Å². The molecule has 1 aromatic heterocycles. The molecule has 48 heavy (non-hydrogen) atoms. The molecule has 0 unspecified atom stereocenters. The van der Waals surface area contributed by atoms with Gasteiger partial charge >= 0.3 is 5.97 Å². The Morgan fingerprint density at radius 2 is 1.33 bits per heavy atom. The van der Waals surface area contributed by atoms with Gasteiger partial charge in [0, 0.05) is 31.7 Å². The number of aromatic amines is 1. The van der Waals surface area contributed by atoms with Gasteiger partial charge in [0.1, 0.15) is 23.7 Å². The fourth-order valence-corrected chi connectivity index (χ4v) is 7.23. The van der Waals surface area contributed by atoms with Crippen LogP contribution in [0.3, 0.4) is 0 Å². The number of amides is 1. The highest BCUT2D eigenvalue weighted by Crippen LogP contribution is 2.16. The van der Waals surface area contributed by atoms with Gasteiger partial charge in [-0.1, -0.05) is 88.7 Å². The number of carbonyl (C=O) groups excluding carboxylic acids is 3. The first-order valence-corrected chi connectivity index (χ1v) is 20.1. The summed E-state index contributed by atoms with van der Waals surface area (Å²) in [7, 11) is -3.43. The van der Waals surface area contributed by atoms with Crippen LogP contribution in [0.5, 0.6) is 0 Å². The number of nitrogens with two attached hydrogens (primary N) is 1. The largest absolute Gasteiger partial charge is 0.481 e. The fraction of sp³-hybridized carbons (Fsp3) is 0.853. The smallest absolute Gasteiger partial charge is 0.310 e. The molecule has 14 heteroatoms. The Labute approximate surface area is 287 Å². The van der Waals surface area contributed by atoms with Gasteiger partial charge in [-0.3, -0.25) is 19.2 Å². The van der Waals surface area contributed by atoms with Crippen molar-refractivity contribution < 1.29 is 32.7 Å². The second-order valence-electron chi connectivity index (χ2n) is 13.0. The summed E-state index contributed by atoms with van der Waals surface area (Å²) in [6.45, 7) is 0.782. The maximum absolute atomic E-state index is 12.4. The molecule has 1 rings (SSSR count). The van der Waals surface area contributed by atoms with E-state index in [0.29, 0.717) is 70.9 Å². The van der Waals surface area contributed by atoms with Gasteiger partial charge in [-0.05, 0) is 51.5 Å². The average Bonchev–Trinajstić information content (AvgIpc) is 3.55. The fourth-order valence-electron chi connectivity index (χ4n) is 5.80. The molecule has 0 radical (unpaired) electrons. The number of nitrogens with one attached hydrogen (secondary N) is 2. The summed E-state index contributed by atoms with van der Waals surface area (Å²) in [4.78, 5) is 47.0. The van der Waals surface area contributed by atoms with Crippen LogP contribution in [0.2, 0.25) is 0 Å². The normalized spacial score (nSPS) is 12.2. The standard InChI is InChI=1S/C34H62N6O7S/c35-24-23-29(31(42)27-34(44)45)19-16-17-25-36-33(43)22-15-12-18-26-48(46,47)28-30(41)20-13-10-8-6-4-2-1-3-5-7-9-11-14-21-32-37-39-40-38-32/h29H,1-28,35H2,(H,36,43)(H,44,45)(H,37,38,39,40)/t29-/m1/s1. The summed E-state index contributed by atoms with van der Waals surface area (Å²) in [5.74, 6) is -1.75. The number of carboxylic acids is 1. The number of tetrazole rings is 1. The molecule has 0 aliphatic carbocycles. The molecule has 0 saturated carbocycles. The van der Waals surface area contributed by atoms with Crippen molar-refractivity contribution >= 4 is 33.3 Å². The van der Waals surface area contributed by atoms with Crippen molar-refractivity contribution in [3.63, 3.8) is 0 Å². The van der Waals surface area contributed by atoms with Crippen molar-refractivity contribution in [2.75, 3.05) is 24.6 Å². The third-order valence-electron chi connectivity index (χ3n) is 8.58. The van der Waals surface area contributed by atoms with Crippen LogP contribution in [-0.4, -0.2) is 82.2 Å². The number of carbonyl (C=O) groups is 4. The van der Waals surface area contributed by atoms with Gasteiger partial charge in [0.15, 0.2) is 15.7 Å². The zero-order valence-corrected chi connectivity index (χ0v) is 29.9. The lowest BCUT2D eigenvalue weighted by Crippen LogP contribution is -2.25. The lowest BCUT2D eigenvalue weighted by Gasteiger charge is -2.14. The molecular weight excluding hydrogens is 636 g/mol. The average molecular weight is 699 g/mol. The number of unbranched alkanes of at least 4 members (excludes halogenated alkanes) is 15. The first kappa shape index (κ1) is 43.3. The predicted octanol–water partition coefficient (Wildman–Crippen LogP) is 5.04. The molecule has 13 nitrogen and oxygen atoms in total. The monoisotopic (exact) mass is 698 g/mol. The summed E-state index contributed by atoms with van der Waals surface area (Å²) in [6.07, 6.45) is 20.1. The van der Waals surface area contributed by atoms with Crippen molar-refractivity contribution in [2.45, 2.75) is 154 Å². The Morgan fingerprint density at radius 3 is 1.92 bits per heavy atom. The molecule has 1 atom stereocenters. The number of ketones is 2. The van der Waals surface area contributed by atoms with E-state index in [1.165, 1.54) is 51.4 Å². The molecule has 0 aliphatic heterocycles. The number of sulfone groups is 1. The lowest BCUT2D eigenvalue weighted by atomic mass is 9.92. The maximum atomic E-state index is 12.4. The number of hydrogen-bond donors (Lipinski definition) is 4. The van der Waals surface area contributed by atoms with Gasteiger partial charge in [-0.2, -0.15) is 5.21 Å². The molecule has 0 aromatic carbocycles. The zero-order valence-electron chi connectivity index (χ0n) is 29.1. The van der Waals surface area contributed by atoms with Crippen molar-refractivity contribution in [1.82, 2.24) is 25.9 Å². The van der Waals surface area contributed by atoms with Crippen molar-refractivity contribution in [3.05, 3.63) is 5.82 Å². The maximum Gasteiger partial charge on any atom is 0.310 e. The number of aromatic nitrogens is 4. The van der Waals surface area contributed by atoms with Crippen LogP contribution in [0.15, 0.2) is 0 Å². The van der Waals surface area contributed by atoms with Gasteiger partial charge in [0.2, 0.25) is 5.91 Å². The minimum atomic E-state index is -3.43. The Morgan fingerprint density at radius 1 is 0.750 bits per heavy atom. The van der Waals surface area contributed by atoms with Gasteiger partial charge in [0.25, 0.3) is 0 Å². The molecule has 276 valence electrons. The van der Waals surface area contributed by atoms with Crippen LogP contribution in [0.25, 0.3) is 0 Å². The molecule has 0 bridgehead atoms. The predicted molar refractivity (Wildman–Crippen MR) is 186 cm³/mol. The molecule has 5 N–H and O–H groups in total. The minimum Gasteiger partial charge on any atom is -0.481 e. The number of H-pyrrole nitrogens is 1.